The maximum Gasteiger partial charge on any atom is 0.274 e. The Morgan fingerprint density at radius 2 is 1.72 bits per heavy atom. The number of anilines is 1. The van der Waals surface area contributed by atoms with Crippen LogP contribution in [0.1, 0.15) is 5.56 Å². The maximum absolute atomic E-state index is 10.2. The zero-order valence-corrected chi connectivity index (χ0v) is 14.0. The highest BCUT2D eigenvalue weighted by molar-refractivity contribution is 6.02. The number of benzene rings is 2. The zero-order chi connectivity index (χ0) is 17.1. The van der Waals surface area contributed by atoms with Crippen molar-refractivity contribution in [3.63, 3.8) is 0 Å². The van der Waals surface area contributed by atoms with E-state index in [0.29, 0.717) is 0 Å². The number of pyridine rings is 1. The number of hydrogen-bond acceptors (Lipinski definition) is 4. The van der Waals surface area contributed by atoms with Crippen LogP contribution in [0.4, 0.5) is 5.82 Å². The summed E-state index contributed by atoms with van der Waals surface area (Å²) >= 11 is 0. The largest absolute Gasteiger partial charge is 0.507 e. The Morgan fingerprint density at radius 3 is 2.52 bits per heavy atom. The van der Waals surface area contributed by atoms with Gasteiger partial charge in [-0.05, 0) is 22.9 Å². The van der Waals surface area contributed by atoms with Crippen LogP contribution in [-0.4, -0.2) is 42.5 Å². The number of aromatic nitrogens is 1. The van der Waals surface area contributed by atoms with Crippen LogP contribution in [0.25, 0.3) is 10.8 Å². The third-order valence-electron chi connectivity index (χ3n) is 4.59. The predicted molar refractivity (Wildman–Crippen MR) is 100.0 cm³/mol. The first kappa shape index (κ1) is 15.4. The smallest absolute Gasteiger partial charge is 0.274 e. The quantitative estimate of drug-likeness (QED) is 0.750. The van der Waals surface area contributed by atoms with Crippen LogP contribution in [0, 0.1) is 0 Å². The monoisotopic (exact) mass is 333 g/mol. The number of phenolic OH excluding ortho intramolecular Hbond substituents is 1. The average molecular weight is 333 g/mol. The van der Waals surface area contributed by atoms with Crippen molar-refractivity contribution in [2.45, 2.75) is 0 Å². The molecule has 0 atom stereocenters. The topological polar surface area (TPSA) is 53.2 Å². The fourth-order valence-electron chi connectivity index (χ4n) is 3.19. The van der Waals surface area contributed by atoms with E-state index < -0.39 is 0 Å². The highest BCUT2D eigenvalue weighted by Gasteiger charge is 2.22. The first-order chi connectivity index (χ1) is 12.3. The fourth-order valence-corrected chi connectivity index (χ4v) is 3.19. The third kappa shape index (κ3) is 3.26. The van der Waals surface area contributed by atoms with Crippen LogP contribution in [0.3, 0.4) is 0 Å². The number of hydrazone groups is 1. The molecule has 0 saturated carbocycles. The van der Waals surface area contributed by atoms with Gasteiger partial charge in [-0.25, -0.2) is 4.98 Å². The van der Waals surface area contributed by atoms with E-state index in [0.717, 1.165) is 48.3 Å². The minimum atomic E-state index is 0.264. The molecule has 126 valence electrons. The van der Waals surface area contributed by atoms with E-state index in [4.69, 9.17) is 0 Å². The normalized spacial score (nSPS) is 15.2. The first-order valence-corrected chi connectivity index (χ1v) is 8.52. The van der Waals surface area contributed by atoms with Crippen molar-refractivity contribution in [2.24, 2.45) is 5.10 Å². The van der Waals surface area contributed by atoms with E-state index in [1.165, 1.54) is 0 Å². The summed E-state index contributed by atoms with van der Waals surface area (Å²) in [5.41, 5.74) is 0.775. The van der Waals surface area contributed by atoms with Gasteiger partial charge < -0.3 is 5.11 Å². The molecule has 0 unspecified atom stereocenters. The van der Waals surface area contributed by atoms with E-state index >= 15 is 0 Å². The Kier molecular flexibility index (Phi) is 4.21. The predicted octanol–water partition coefficient (Wildman–Crippen LogP) is 2.52. The lowest BCUT2D eigenvalue weighted by molar-refractivity contribution is -0.364. The molecule has 2 heterocycles. The molecular weight excluding hydrogens is 312 g/mol. The summed E-state index contributed by atoms with van der Waals surface area (Å²) in [5, 5.41) is 19.0. The van der Waals surface area contributed by atoms with Gasteiger partial charge in [0.25, 0.3) is 5.82 Å². The van der Waals surface area contributed by atoms with E-state index in [-0.39, 0.29) is 5.75 Å². The Morgan fingerprint density at radius 1 is 0.920 bits per heavy atom. The van der Waals surface area contributed by atoms with Crippen LogP contribution >= 0.6 is 0 Å². The number of nitrogens with zero attached hydrogens (tertiary/aromatic N) is 3. The van der Waals surface area contributed by atoms with Crippen molar-refractivity contribution in [1.82, 2.24) is 5.01 Å². The van der Waals surface area contributed by atoms with Crippen LogP contribution < -0.4 is 9.88 Å². The second-order valence-electron chi connectivity index (χ2n) is 6.15. The lowest BCUT2D eigenvalue weighted by atomic mass is 10.0. The van der Waals surface area contributed by atoms with Crippen molar-refractivity contribution < 1.29 is 10.1 Å². The maximum atomic E-state index is 10.2. The number of rotatable bonds is 3. The molecular formula is C20H21N4O+. The first-order valence-electron chi connectivity index (χ1n) is 8.52. The van der Waals surface area contributed by atoms with Gasteiger partial charge in [-0.1, -0.05) is 36.4 Å². The van der Waals surface area contributed by atoms with Gasteiger partial charge >= 0.3 is 0 Å². The molecule has 1 fully saturated rings. The highest BCUT2D eigenvalue weighted by atomic mass is 16.3. The fraction of sp³-hybridized carbons (Fsp3) is 0.200. The average Bonchev–Trinajstić information content (AvgIpc) is 2.68. The molecule has 1 aromatic heterocycles. The summed E-state index contributed by atoms with van der Waals surface area (Å²) in [4.78, 5) is 5.60. The Hall–Kier alpha value is -3.08. The molecule has 2 aromatic carbocycles. The van der Waals surface area contributed by atoms with Crippen LogP contribution in [0.2, 0.25) is 0 Å². The summed E-state index contributed by atoms with van der Waals surface area (Å²) in [6, 6.07) is 17.8. The molecule has 5 heteroatoms. The second-order valence-corrected chi connectivity index (χ2v) is 6.15. The zero-order valence-electron chi connectivity index (χ0n) is 14.0. The van der Waals surface area contributed by atoms with Crippen molar-refractivity contribution in [1.29, 1.82) is 0 Å². The van der Waals surface area contributed by atoms with Crippen molar-refractivity contribution in [2.75, 3.05) is 31.1 Å². The lowest BCUT2D eigenvalue weighted by Gasteiger charge is -2.28. The van der Waals surface area contributed by atoms with Crippen LogP contribution in [0.5, 0.6) is 5.75 Å². The molecule has 3 aromatic rings. The highest BCUT2D eigenvalue weighted by Crippen LogP contribution is 2.25. The molecule has 0 amide bonds. The number of aromatic amines is 1. The Labute approximate surface area is 146 Å². The van der Waals surface area contributed by atoms with E-state index in [9.17, 15) is 5.11 Å². The van der Waals surface area contributed by atoms with Crippen LogP contribution in [0.15, 0.2) is 65.9 Å². The summed E-state index contributed by atoms with van der Waals surface area (Å²) in [7, 11) is 0. The molecule has 1 saturated heterocycles. The number of piperazine rings is 1. The third-order valence-corrected chi connectivity index (χ3v) is 4.59. The standard InChI is InChI=1S/C20H20N4O/c25-19-9-8-16-5-1-2-6-17(16)18(19)15-22-24-13-11-23(12-14-24)20-7-3-4-10-21-20/h1-10,15,25H,11-14H2/p+1/b22-15+. The lowest BCUT2D eigenvalue weighted by Crippen LogP contribution is -2.45. The van der Waals surface area contributed by atoms with Gasteiger partial charge in [0.1, 0.15) is 18.8 Å². The second kappa shape index (κ2) is 6.81. The molecule has 1 aliphatic rings. The van der Waals surface area contributed by atoms with E-state index in [1.54, 1.807) is 12.3 Å². The summed E-state index contributed by atoms with van der Waals surface area (Å²) in [6.07, 6.45) is 3.73. The van der Waals surface area contributed by atoms with Gasteiger partial charge in [0, 0.05) is 11.6 Å². The summed E-state index contributed by atoms with van der Waals surface area (Å²) in [5.74, 6) is 1.40. The molecule has 2 N–H and O–H groups in total. The van der Waals surface area contributed by atoms with E-state index in [1.807, 2.05) is 48.7 Å². The number of aromatic hydroxyl groups is 1. The molecule has 0 aliphatic carbocycles. The number of nitrogens with one attached hydrogen (secondary N) is 1. The summed E-state index contributed by atoms with van der Waals surface area (Å²) < 4.78 is 0. The van der Waals surface area contributed by atoms with Gasteiger partial charge in [-0.2, -0.15) is 5.10 Å². The van der Waals surface area contributed by atoms with Gasteiger partial charge in [-0.3, -0.25) is 9.91 Å². The van der Waals surface area contributed by atoms with Crippen molar-refractivity contribution in [3.8, 4) is 5.75 Å². The minimum absolute atomic E-state index is 0.264. The van der Waals surface area contributed by atoms with Crippen molar-refractivity contribution in [3.05, 3.63) is 66.4 Å². The Bertz CT molecular complexity index is 887. The summed E-state index contributed by atoms with van der Waals surface area (Å²) in [6.45, 7) is 3.54. The van der Waals surface area contributed by atoms with Gasteiger partial charge in [0.2, 0.25) is 0 Å². The number of phenols is 1. The number of hydrogen-bond donors (Lipinski definition) is 1. The molecule has 0 spiro atoms. The molecule has 4 rings (SSSR count). The van der Waals surface area contributed by atoms with Gasteiger partial charge in [-0.15, -0.1) is 0 Å². The number of fused-ring (bicyclic) bond motifs is 1. The van der Waals surface area contributed by atoms with Crippen LogP contribution in [-0.2, 0) is 0 Å². The SMILES string of the molecule is Oc1ccc2ccccc2c1/C=N/N1CCN(c2cccc[nH+]2)CC1. The Balaban J connectivity index is 1.48. The molecule has 25 heavy (non-hydrogen) atoms. The molecule has 1 aliphatic heterocycles. The minimum Gasteiger partial charge on any atom is -0.507 e. The number of H-pyrrole nitrogens is 1. The molecule has 0 radical (unpaired) electrons. The molecule has 5 nitrogen and oxygen atoms in total. The van der Waals surface area contributed by atoms with E-state index in [2.05, 4.69) is 26.1 Å². The molecule has 0 bridgehead atoms. The van der Waals surface area contributed by atoms with Gasteiger partial charge in [0.05, 0.1) is 25.5 Å². The van der Waals surface area contributed by atoms with Gasteiger partial charge in [0.15, 0.2) is 0 Å². The van der Waals surface area contributed by atoms with Crippen molar-refractivity contribution >= 4 is 22.8 Å².